The van der Waals surface area contributed by atoms with Crippen molar-refractivity contribution in [1.29, 1.82) is 0 Å². The zero-order valence-electron chi connectivity index (χ0n) is 10.1. The molecule has 92 valence electrons. The van der Waals surface area contributed by atoms with Crippen molar-refractivity contribution < 1.29 is 8.98 Å². The molecule has 2 aromatic carbocycles. The Bertz CT molecular complexity index is 457. The summed E-state index contributed by atoms with van der Waals surface area (Å²) in [6.45, 7) is 1.42. The highest BCUT2D eigenvalue weighted by Gasteiger charge is 2.16. The van der Waals surface area contributed by atoms with Gasteiger partial charge in [0.25, 0.3) is 0 Å². The Morgan fingerprint density at radius 1 is 0.944 bits per heavy atom. The van der Waals surface area contributed by atoms with Gasteiger partial charge in [0.2, 0.25) is 0 Å². The summed E-state index contributed by atoms with van der Waals surface area (Å²) >= 11 is 1.19. The van der Waals surface area contributed by atoms with Crippen LogP contribution >= 0.6 is 12.0 Å². The Balaban J connectivity index is 2.26. The van der Waals surface area contributed by atoms with Gasteiger partial charge in [-0.3, -0.25) is 4.79 Å². The third kappa shape index (κ3) is 3.37. The molecule has 0 saturated heterocycles. The van der Waals surface area contributed by atoms with Crippen LogP contribution in [0.25, 0.3) is 0 Å². The fraction of sp³-hybridized carbons (Fsp3) is 0.133. The van der Waals surface area contributed by atoms with Crippen LogP contribution in [0.15, 0.2) is 60.7 Å². The van der Waals surface area contributed by atoms with E-state index in [0.29, 0.717) is 0 Å². The molecule has 0 unspecified atom stereocenters. The number of hydrogen-bond donors (Lipinski definition) is 0. The fourth-order valence-electron chi connectivity index (χ4n) is 1.68. The van der Waals surface area contributed by atoms with Gasteiger partial charge in [-0.15, -0.1) is 0 Å². The van der Waals surface area contributed by atoms with E-state index in [4.69, 9.17) is 4.18 Å². The third-order valence-electron chi connectivity index (χ3n) is 2.47. The van der Waals surface area contributed by atoms with Gasteiger partial charge in [-0.1, -0.05) is 60.7 Å². The summed E-state index contributed by atoms with van der Waals surface area (Å²) in [5.74, 6) is -0.281. The molecule has 0 aliphatic rings. The average molecular weight is 258 g/mol. The van der Waals surface area contributed by atoms with Gasteiger partial charge in [-0.05, 0) is 11.1 Å². The van der Waals surface area contributed by atoms with Crippen molar-refractivity contribution in [2.45, 2.75) is 12.2 Å². The molecule has 2 aromatic rings. The van der Waals surface area contributed by atoms with Crippen molar-refractivity contribution in [2.75, 3.05) is 0 Å². The molecule has 2 rings (SSSR count). The zero-order chi connectivity index (χ0) is 12.8. The minimum absolute atomic E-state index is 0.0105. The molecule has 0 aliphatic heterocycles. The minimum Gasteiger partial charge on any atom is -0.391 e. The summed E-state index contributed by atoms with van der Waals surface area (Å²) in [5, 5.41) is 0.0105. The maximum atomic E-state index is 11.0. The van der Waals surface area contributed by atoms with Crippen LogP contribution < -0.4 is 0 Å². The molecule has 0 aliphatic carbocycles. The van der Waals surface area contributed by atoms with Crippen LogP contribution in [0.5, 0.6) is 0 Å². The molecule has 0 aromatic heterocycles. The molecule has 0 N–H and O–H groups in total. The molecule has 0 heterocycles. The van der Waals surface area contributed by atoms with Crippen LogP contribution in [0.1, 0.15) is 23.3 Å². The summed E-state index contributed by atoms with van der Waals surface area (Å²) in [6, 6.07) is 20.0. The quantitative estimate of drug-likeness (QED) is 0.776. The van der Waals surface area contributed by atoms with Crippen LogP contribution in [0, 0.1) is 0 Å². The average Bonchev–Trinajstić information content (AvgIpc) is 2.41. The van der Waals surface area contributed by atoms with E-state index in [1.807, 2.05) is 60.7 Å². The van der Waals surface area contributed by atoms with E-state index in [2.05, 4.69) is 0 Å². The Kier molecular flexibility index (Phi) is 4.42. The molecule has 0 spiro atoms. The second-order valence-corrected chi connectivity index (χ2v) is 4.70. The molecule has 0 radical (unpaired) electrons. The molecule has 0 bridgehead atoms. The van der Waals surface area contributed by atoms with Gasteiger partial charge in [-0.2, -0.15) is 0 Å². The van der Waals surface area contributed by atoms with E-state index in [-0.39, 0.29) is 11.2 Å². The number of rotatable bonds is 4. The number of carbonyl (C=O) groups excluding carboxylic acids is 1. The topological polar surface area (TPSA) is 26.3 Å². The molecule has 18 heavy (non-hydrogen) atoms. The second kappa shape index (κ2) is 6.26. The molecular formula is C15H14O2S. The van der Waals surface area contributed by atoms with Gasteiger partial charge < -0.3 is 4.18 Å². The first-order valence-corrected chi connectivity index (χ1v) is 6.51. The van der Waals surface area contributed by atoms with Gasteiger partial charge >= 0.3 is 5.97 Å². The standard InChI is InChI=1S/C15H14O2S/c1-12(16)17-18-15(13-8-4-2-5-9-13)14-10-6-3-7-11-14/h2-11,15H,1H3. The maximum absolute atomic E-state index is 11.0. The lowest BCUT2D eigenvalue weighted by Gasteiger charge is -2.15. The first kappa shape index (κ1) is 12.7. The van der Waals surface area contributed by atoms with E-state index in [9.17, 15) is 4.79 Å². The third-order valence-corrected chi connectivity index (χ3v) is 3.53. The molecule has 3 heteroatoms. The lowest BCUT2D eigenvalue weighted by molar-refractivity contribution is -0.130. The minimum atomic E-state index is -0.281. The summed E-state index contributed by atoms with van der Waals surface area (Å²) in [7, 11) is 0. The van der Waals surface area contributed by atoms with Gasteiger partial charge in [0.1, 0.15) is 0 Å². The number of benzene rings is 2. The highest BCUT2D eigenvalue weighted by atomic mass is 32.2. The predicted molar refractivity (Wildman–Crippen MR) is 74.1 cm³/mol. The van der Waals surface area contributed by atoms with Crippen molar-refractivity contribution in [1.82, 2.24) is 0 Å². The zero-order valence-corrected chi connectivity index (χ0v) is 10.9. The van der Waals surface area contributed by atoms with Crippen LogP contribution in [0.3, 0.4) is 0 Å². The van der Waals surface area contributed by atoms with Gasteiger partial charge in [0, 0.05) is 6.92 Å². The Morgan fingerprint density at radius 2 is 1.39 bits per heavy atom. The van der Waals surface area contributed by atoms with Crippen molar-refractivity contribution in [3.05, 3.63) is 71.8 Å². The molecule has 0 saturated carbocycles. The molecular weight excluding hydrogens is 244 g/mol. The summed E-state index contributed by atoms with van der Waals surface area (Å²) in [4.78, 5) is 11.0. The smallest absolute Gasteiger partial charge is 0.314 e. The molecule has 0 amide bonds. The van der Waals surface area contributed by atoms with Crippen LogP contribution in [-0.2, 0) is 8.98 Å². The van der Waals surface area contributed by atoms with Crippen molar-refractivity contribution in [3.8, 4) is 0 Å². The fourth-order valence-corrected chi connectivity index (χ4v) is 2.44. The summed E-state index contributed by atoms with van der Waals surface area (Å²) in [6.07, 6.45) is 0. The van der Waals surface area contributed by atoms with Crippen molar-refractivity contribution >= 4 is 18.0 Å². The van der Waals surface area contributed by atoms with E-state index in [0.717, 1.165) is 11.1 Å². The number of carbonyl (C=O) groups is 1. The van der Waals surface area contributed by atoms with E-state index in [1.165, 1.54) is 19.0 Å². The second-order valence-electron chi connectivity index (χ2n) is 3.87. The van der Waals surface area contributed by atoms with Gasteiger partial charge in [0.15, 0.2) is 0 Å². The highest BCUT2D eigenvalue weighted by Crippen LogP contribution is 2.35. The Morgan fingerprint density at radius 3 is 1.78 bits per heavy atom. The maximum Gasteiger partial charge on any atom is 0.314 e. The Hall–Kier alpha value is -1.74. The first-order valence-electron chi connectivity index (χ1n) is 5.71. The lowest BCUT2D eigenvalue weighted by Crippen LogP contribution is -2.00. The number of hydrogen-bond acceptors (Lipinski definition) is 3. The first-order chi connectivity index (χ1) is 8.77. The lowest BCUT2D eigenvalue weighted by atomic mass is 10.0. The van der Waals surface area contributed by atoms with Crippen LogP contribution in [0.2, 0.25) is 0 Å². The Labute approximate surface area is 111 Å². The van der Waals surface area contributed by atoms with Gasteiger partial charge in [-0.25, -0.2) is 0 Å². The largest absolute Gasteiger partial charge is 0.391 e. The summed E-state index contributed by atoms with van der Waals surface area (Å²) in [5.41, 5.74) is 2.24. The highest BCUT2D eigenvalue weighted by molar-refractivity contribution is 7.95. The summed E-state index contributed by atoms with van der Waals surface area (Å²) < 4.78 is 5.09. The predicted octanol–water partition coefficient (Wildman–Crippen LogP) is 3.99. The van der Waals surface area contributed by atoms with E-state index < -0.39 is 0 Å². The van der Waals surface area contributed by atoms with E-state index in [1.54, 1.807) is 0 Å². The molecule has 0 atom stereocenters. The van der Waals surface area contributed by atoms with Crippen LogP contribution in [0.4, 0.5) is 0 Å². The normalized spacial score (nSPS) is 10.3. The van der Waals surface area contributed by atoms with Crippen molar-refractivity contribution in [3.63, 3.8) is 0 Å². The van der Waals surface area contributed by atoms with Gasteiger partial charge in [0.05, 0.1) is 17.3 Å². The van der Waals surface area contributed by atoms with E-state index >= 15 is 0 Å². The SMILES string of the molecule is CC(=O)OSC(c1ccccc1)c1ccccc1. The molecule has 0 fully saturated rings. The van der Waals surface area contributed by atoms with Crippen LogP contribution in [-0.4, -0.2) is 5.97 Å². The monoisotopic (exact) mass is 258 g/mol. The molecule has 2 nitrogen and oxygen atoms in total. The van der Waals surface area contributed by atoms with Crippen molar-refractivity contribution in [2.24, 2.45) is 0 Å².